The predicted octanol–water partition coefficient (Wildman–Crippen LogP) is 4.38. The quantitative estimate of drug-likeness (QED) is 0.500. The second kappa shape index (κ2) is 7.23. The maximum Gasteiger partial charge on any atom is 0.280 e. The van der Waals surface area contributed by atoms with Gasteiger partial charge in [0.15, 0.2) is 0 Å². The van der Waals surface area contributed by atoms with Crippen molar-refractivity contribution >= 4 is 22.4 Å². The third-order valence-corrected chi connectivity index (χ3v) is 5.88. The summed E-state index contributed by atoms with van der Waals surface area (Å²) < 4.78 is 43.0. The molecule has 0 bridgehead atoms. The van der Waals surface area contributed by atoms with Crippen LogP contribution in [0.2, 0.25) is 0 Å². The maximum atomic E-state index is 14.6. The van der Waals surface area contributed by atoms with Crippen molar-refractivity contribution in [3.05, 3.63) is 60.1 Å². The van der Waals surface area contributed by atoms with Crippen LogP contribution in [0.25, 0.3) is 16.6 Å². The highest BCUT2D eigenvalue weighted by Gasteiger charge is 2.32. The first-order valence-corrected chi connectivity index (χ1v) is 9.80. The molecule has 5 rings (SSSR count). The van der Waals surface area contributed by atoms with Gasteiger partial charge in [0.2, 0.25) is 0 Å². The van der Waals surface area contributed by atoms with E-state index in [1.807, 2.05) is 11.0 Å². The van der Waals surface area contributed by atoms with Crippen LogP contribution in [0.4, 0.5) is 19.0 Å². The summed E-state index contributed by atoms with van der Waals surface area (Å²) in [6, 6.07) is 8.14. The Morgan fingerprint density at radius 2 is 2.03 bits per heavy atom. The van der Waals surface area contributed by atoms with E-state index in [1.54, 1.807) is 18.3 Å². The second-order valence-electron chi connectivity index (χ2n) is 7.67. The van der Waals surface area contributed by atoms with Crippen molar-refractivity contribution < 1.29 is 13.2 Å². The van der Waals surface area contributed by atoms with Gasteiger partial charge in [-0.05, 0) is 35.9 Å². The van der Waals surface area contributed by atoms with Gasteiger partial charge in [-0.25, -0.2) is 27.7 Å². The fourth-order valence-corrected chi connectivity index (χ4v) is 4.28. The van der Waals surface area contributed by atoms with E-state index in [2.05, 4.69) is 27.0 Å². The number of hydrogen-bond acceptors (Lipinski definition) is 5. The predicted molar refractivity (Wildman–Crippen MR) is 106 cm³/mol. The van der Waals surface area contributed by atoms with Gasteiger partial charge in [-0.2, -0.15) is 10.1 Å². The van der Waals surface area contributed by atoms with E-state index in [0.717, 1.165) is 11.8 Å². The van der Waals surface area contributed by atoms with Gasteiger partial charge in [-0.1, -0.05) is 19.1 Å². The van der Waals surface area contributed by atoms with E-state index in [1.165, 1.54) is 23.0 Å². The normalized spacial score (nSPS) is 19.8. The number of piperidine rings is 1. The van der Waals surface area contributed by atoms with Crippen molar-refractivity contribution in [1.29, 1.82) is 0 Å². The first kappa shape index (κ1) is 18.8. The molecule has 1 saturated heterocycles. The Balaban J connectivity index is 1.59. The lowest BCUT2D eigenvalue weighted by Crippen LogP contribution is -2.40. The number of benzene rings is 1. The lowest BCUT2D eigenvalue weighted by atomic mass is 9.84. The highest BCUT2D eigenvalue weighted by molar-refractivity contribution is 5.92. The summed E-state index contributed by atoms with van der Waals surface area (Å²) in [5, 5.41) is 5.44. The van der Waals surface area contributed by atoms with E-state index in [0.29, 0.717) is 30.0 Å². The zero-order chi connectivity index (χ0) is 20.8. The lowest BCUT2D eigenvalue weighted by molar-refractivity contribution is 0.146. The van der Waals surface area contributed by atoms with Crippen molar-refractivity contribution in [3.63, 3.8) is 0 Å². The van der Waals surface area contributed by atoms with Crippen LogP contribution in [0, 0.1) is 11.7 Å². The minimum absolute atomic E-state index is 0.118. The molecular formula is C21H19F3N6. The molecule has 1 fully saturated rings. The number of rotatable bonds is 3. The van der Waals surface area contributed by atoms with Gasteiger partial charge in [0.1, 0.15) is 23.7 Å². The van der Waals surface area contributed by atoms with Gasteiger partial charge in [0.05, 0.1) is 11.1 Å². The molecule has 9 heteroatoms. The highest BCUT2D eigenvalue weighted by Crippen LogP contribution is 2.37. The van der Waals surface area contributed by atoms with Gasteiger partial charge in [-0.3, -0.25) is 0 Å². The summed E-state index contributed by atoms with van der Waals surface area (Å²) in [6.45, 7) is 3.29. The van der Waals surface area contributed by atoms with Crippen LogP contribution in [0.1, 0.15) is 37.1 Å². The minimum atomic E-state index is -2.70. The molecule has 4 aromatic rings. The van der Waals surface area contributed by atoms with E-state index in [4.69, 9.17) is 0 Å². The Bertz CT molecular complexity index is 1220. The highest BCUT2D eigenvalue weighted by atomic mass is 19.3. The molecule has 1 aliphatic heterocycles. The van der Waals surface area contributed by atoms with Crippen LogP contribution < -0.4 is 4.90 Å². The summed E-state index contributed by atoms with van der Waals surface area (Å²) in [7, 11) is 0. The number of anilines is 1. The Kier molecular flexibility index (Phi) is 4.52. The number of hydrogen-bond donors (Lipinski definition) is 0. The first-order valence-electron chi connectivity index (χ1n) is 9.80. The van der Waals surface area contributed by atoms with Crippen molar-refractivity contribution in [2.45, 2.75) is 25.7 Å². The first-order chi connectivity index (χ1) is 14.5. The van der Waals surface area contributed by atoms with Crippen molar-refractivity contribution in [2.24, 2.45) is 5.92 Å². The molecule has 0 aliphatic carbocycles. The average molecular weight is 412 g/mol. The van der Waals surface area contributed by atoms with Crippen molar-refractivity contribution in [1.82, 2.24) is 24.6 Å². The summed E-state index contributed by atoms with van der Waals surface area (Å²) >= 11 is 0. The number of aromatic nitrogens is 5. The van der Waals surface area contributed by atoms with Crippen LogP contribution in [0.15, 0.2) is 42.9 Å². The smallest absolute Gasteiger partial charge is 0.280 e. The van der Waals surface area contributed by atoms with Crippen molar-refractivity contribution in [2.75, 3.05) is 18.0 Å². The molecule has 0 amide bonds. The van der Waals surface area contributed by atoms with Crippen molar-refractivity contribution in [3.8, 4) is 0 Å². The van der Waals surface area contributed by atoms with E-state index < -0.39 is 6.43 Å². The Labute approximate surface area is 170 Å². The molecule has 30 heavy (non-hydrogen) atoms. The maximum absolute atomic E-state index is 14.6. The van der Waals surface area contributed by atoms with E-state index in [-0.39, 0.29) is 29.1 Å². The third kappa shape index (κ3) is 3.05. The minimum Gasteiger partial charge on any atom is -0.355 e. The molecular weight excluding hydrogens is 393 g/mol. The summed E-state index contributed by atoms with van der Waals surface area (Å²) in [5.41, 5.74) is 0.315. The van der Waals surface area contributed by atoms with Crippen LogP contribution in [0.3, 0.4) is 0 Å². The molecule has 0 radical (unpaired) electrons. The fraction of sp³-hybridized carbons (Fsp3) is 0.333. The molecule has 2 atom stereocenters. The van der Waals surface area contributed by atoms with Gasteiger partial charge in [0, 0.05) is 25.2 Å². The summed E-state index contributed by atoms with van der Waals surface area (Å²) in [4.78, 5) is 14.4. The number of pyridine rings is 1. The summed E-state index contributed by atoms with van der Waals surface area (Å²) in [6.07, 6.45) is 1.09. The third-order valence-electron chi connectivity index (χ3n) is 5.88. The van der Waals surface area contributed by atoms with Crippen LogP contribution >= 0.6 is 0 Å². The van der Waals surface area contributed by atoms with Crippen LogP contribution in [-0.2, 0) is 0 Å². The number of nitrogens with zero attached hydrogens (tertiary/aromatic N) is 6. The molecule has 4 heterocycles. The molecule has 3 aromatic heterocycles. The van der Waals surface area contributed by atoms with E-state index >= 15 is 0 Å². The second-order valence-corrected chi connectivity index (χ2v) is 7.67. The van der Waals surface area contributed by atoms with Gasteiger partial charge >= 0.3 is 0 Å². The molecule has 0 saturated carbocycles. The Morgan fingerprint density at radius 3 is 2.87 bits per heavy atom. The molecule has 0 spiro atoms. The molecule has 154 valence electrons. The Morgan fingerprint density at radius 1 is 1.17 bits per heavy atom. The fourth-order valence-electron chi connectivity index (χ4n) is 4.28. The van der Waals surface area contributed by atoms with Gasteiger partial charge in [-0.15, -0.1) is 0 Å². The standard InChI is InChI=1S/C21H19F3N6/c1-12-6-8-29(20-18-13(5-7-25-20)3-2-4-15(18)22)10-14(12)17-9-16(19(23)24)28-21-26-11-27-30(17)21/h2-5,7,9,11-12,14,19H,6,8,10H2,1H3/t12-,14?/m1/s1. The van der Waals surface area contributed by atoms with Gasteiger partial charge in [0.25, 0.3) is 12.2 Å². The zero-order valence-electron chi connectivity index (χ0n) is 16.2. The monoisotopic (exact) mass is 412 g/mol. The number of fused-ring (bicyclic) bond motifs is 2. The van der Waals surface area contributed by atoms with Gasteiger partial charge < -0.3 is 4.90 Å². The van der Waals surface area contributed by atoms with E-state index in [9.17, 15) is 13.2 Å². The largest absolute Gasteiger partial charge is 0.355 e. The zero-order valence-corrected chi connectivity index (χ0v) is 16.2. The molecule has 1 aliphatic rings. The number of alkyl halides is 2. The van der Waals surface area contributed by atoms with Crippen LogP contribution in [-0.4, -0.2) is 37.7 Å². The molecule has 6 nitrogen and oxygen atoms in total. The average Bonchev–Trinajstić information content (AvgIpc) is 3.22. The Hall–Kier alpha value is -3.23. The SMILES string of the molecule is C[C@@H]1CCN(c2nccc3cccc(F)c23)CC1c1cc(C(F)F)nc2ncnn12. The van der Waals surface area contributed by atoms with Crippen LogP contribution in [0.5, 0.6) is 0 Å². The molecule has 1 unspecified atom stereocenters. The molecule has 0 N–H and O–H groups in total. The molecule has 1 aromatic carbocycles. The number of halogens is 3. The topological polar surface area (TPSA) is 59.2 Å². The summed E-state index contributed by atoms with van der Waals surface area (Å²) in [5.74, 6) is 0.490. The lowest BCUT2D eigenvalue weighted by Gasteiger charge is -2.38.